The standard InChI is InChI=1S/C18H26N2O/c19-12-17(15-7-2-1-3-8-15)18(21)20-11-10-14-6-4-5-9-16(14)13-20/h1-3,7-8,14,16-17H,4-6,9-13,19H2. The number of piperidine rings is 1. The highest BCUT2D eigenvalue weighted by atomic mass is 16.2. The van der Waals surface area contributed by atoms with Gasteiger partial charge in [-0.1, -0.05) is 49.6 Å². The van der Waals surface area contributed by atoms with Crippen LogP contribution >= 0.6 is 0 Å². The van der Waals surface area contributed by atoms with Gasteiger partial charge in [0.15, 0.2) is 0 Å². The predicted octanol–water partition coefficient (Wildman–Crippen LogP) is 2.77. The van der Waals surface area contributed by atoms with Crippen LogP contribution in [0.15, 0.2) is 30.3 Å². The van der Waals surface area contributed by atoms with Crippen molar-refractivity contribution in [2.24, 2.45) is 17.6 Å². The number of fused-ring (bicyclic) bond motifs is 1. The summed E-state index contributed by atoms with van der Waals surface area (Å²) in [5.41, 5.74) is 6.95. The summed E-state index contributed by atoms with van der Waals surface area (Å²) >= 11 is 0. The summed E-state index contributed by atoms with van der Waals surface area (Å²) in [5.74, 6) is 1.64. The zero-order chi connectivity index (χ0) is 14.7. The van der Waals surface area contributed by atoms with Gasteiger partial charge in [-0.15, -0.1) is 0 Å². The Hall–Kier alpha value is -1.35. The molecule has 3 rings (SSSR count). The summed E-state index contributed by atoms with van der Waals surface area (Å²) in [6.45, 7) is 2.27. The van der Waals surface area contributed by atoms with Crippen LogP contribution in [-0.2, 0) is 4.79 Å². The lowest BCUT2D eigenvalue weighted by Crippen LogP contribution is -2.47. The van der Waals surface area contributed by atoms with Crippen molar-refractivity contribution in [1.82, 2.24) is 4.90 Å². The van der Waals surface area contributed by atoms with Crippen molar-refractivity contribution in [1.29, 1.82) is 0 Å². The third kappa shape index (κ3) is 3.13. The monoisotopic (exact) mass is 286 g/mol. The minimum absolute atomic E-state index is 0.175. The summed E-state index contributed by atoms with van der Waals surface area (Å²) in [4.78, 5) is 14.9. The van der Waals surface area contributed by atoms with Gasteiger partial charge in [-0.3, -0.25) is 4.79 Å². The van der Waals surface area contributed by atoms with E-state index in [0.717, 1.165) is 30.5 Å². The van der Waals surface area contributed by atoms with Gasteiger partial charge >= 0.3 is 0 Å². The molecule has 3 unspecified atom stereocenters. The second kappa shape index (κ2) is 6.61. The maximum Gasteiger partial charge on any atom is 0.231 e. The number of likely N-dealkylation sites (tertiary alicyclic amines) is 1. The molecule has 0 aromatic heterocycles. The maximum absolute atomic E-state index is 12.9. The molecule has 1 aliphatic heterocycles. The smallest absolute Gasteiger partial charge is 0.231 e. The fraction of sp³-hybridized carbons (Fsp3) is 0.611. The van der Waals surface area contributed by atoms with Gasteiger partial charge in [-0.25, -0.2) is 0 Å². The SMILES string of the molecule is NCC(C(=O)N1CCC2CCCCC2C1)c1ccccc1. The van der Waals surface area contributed by atoms with E-state index in [1.54, 1.807) is 0 Å². The van der Waals surface area contributed by atoms with Crippen molar-refractivity contribution in [3.05, 3.63) is 35.9 Å². The summed E-state index contributed by atoms with van der Waals surface area (Å²) in [7, 11) is 0. The Morgan fingerprint density at radius 1 is 1.14 bits per heavy atom. The fourth-order valence-electron chi connectivity index (χ4n) is 4.09. The summed E-state index contributed by atoms with van der Waals surface area (Å²) < 4.78 is 0. The molecule has 0 bridgehead atoms. The molecular formula is C18H26N2O. The number of hydrogen-bond donors (Lipinski definition) is 1. The van der Waals surface area contributed by atoms with Crippen LogP contribution in [0.1, 0.15) is 43.6 Å². The summed E-state index contributed by atoms with van der Waals surface area (Å²) in [6, 6.07) is 9.98. The van der Waals surface area contributed by atoms with Crippen molar-refractivity contribution in [3.8, 4) is 0 Å². The fourth-order valence-corrected chi connectivity index (χ4v) is 4.09. The molecule has 3 atom stereocenters. The molecule has 1 aromatic rings. The van der Waals surface area contributed by atoms with E-state index >= 15 is 0 Å². The first-order valence-corrected chi connectivity index (χ1v) is 8.33. The second-order valence-electron chi connectivity index (χ2n) is 6.58. The van der Waals surface area contributed by atoms with E-state index in [9.17, 15) is 4.79 Å². The number of nitrogens with zero attached hydrogens (tertiary/aromatic N) is 1. The van der Waals surface area contributed by atoms with Crippen LogP contribution in [-0.4, -0.2) is 30.4 Å². The van der Waals surface area contributed by atoms with Crippen molar-refractivity contribution in [2.45, 2.75) is 38.0 Å². The Morgan fingerprint density at radius 2 is 1.86 bits per heavy atom. The highest BCUT2D eigenvalue weighted by molar-refractivity contribution is 5.84. The van der Waals surface area contributed by atoms with Gasteiger partial charge in [0.2, 0.25) is 5.91 Å². The van der Waals surface area contributed by atoms with Gasteiger partial charge < -0.3 is 10.6 Å². The van der Waals surface area contributed by atoms with Gasteiger partial charge in [0, 0.05) is 19.6 Å². The highest BCUT2D eigenvalue weighted by Gasteiger charge is 2.35. The van der Waals surface area contributed by atoms with Crippen LogP contribution in [0.3, 0.4) is 0 Å². The molecular weight excluding hydrogens is 260 g/mol. The van der Waals surface area contributed by atoms with Crippen molar-refractivity contribution in [3.63, 3.8) is 0 Å². The third-order valence-electron chi connectivity index (χ3n) is 5.34. The first kappa shape index (κ1) is 14.6. The van der Waals surface area contributed by atoms with Crippen LogP contribution in [0.25, 0.3) is 0 Å². The van der Waals surface area contributed by atoms with Crippen LogP contribution in [0.5, 0.6) is 0 Å². The topological polar surface area (TPSA) is 46.3 Å². The number of hydrogen-bond acceptors (Lipinski definition) is 2. The molecule has 0 radical (unpaired) electrons. The van der Waals surface area contributed by atoms with Crippen molar-refractivity contribution in [2.75, 3.05) is 19.6 Å². The van der Waals surface area contributed by atoms with E-state index in [1.165, 1.54) is 32.1 Å². The average Bonchev–Trinajstić information content (AvgIpc) is 2.56. The van der Waals surface area contributed by atoms with Crippen LogP contribution in [0, 0.1) is 11.8 Å². The van der Waals surface area contributed by atoms with Gasteiger partial charge in [-0.05, 0) is 30.2 Å². The number of benzene rings is 1. The van der Waals surface area contributed by atoms with Gasteiger partial charge in [0.25, 0.3) is 0 Å². The third-order valence-corrected chi connectivity index (χ3v) is 5.34. The Morgan fingerprint density at radius 3 is 2.57 bits per heavy atom. The Bertz CT molecular complexity index is 473. The van der Waals surface area contributed by atoms with E-state index < -0.39 is 0 Å². The highest BCUT2D eigenvalue weighted by Crippen LogP contribution is 2.36. The molecule has 1 aromatic carbocycles. The molecule has 1 aliphatic carbocycles. The Kier molecular flexibility index (Phi) is 4.59. The van der Waals surface area contributed by atoms with Gasteiger partial charge in [0.1, 0.15) is 0 Å². The molecule has 114 valence electrons. The number of amides is 1. The molecule has 2 fully saturated rings. The predicted molar refractivity (Wildman–Crippen MR) is 84.9 cm³/mol. The van der Waals surface area contributed by atoms with Crippen molar-refractivity contribution < 1.29 is 4.79 Å². The van der Waals surface area contributed by atoms with E-state index in [4.69, 9.17) is 5.73 Å². The number of carbonyl (C=O) groups is 1. The molecule has 3 nitrogen and oxygen atoms in total. The Balaban J connectivity index is 1.69. The molecule has 21 heavy (non-hydrogen) atoms. The van der Waals surface area contributed by atoms with E-state index in [-0.39, 0.29) is 11.8 Å². The molecule has 1 saturated heterocycles. The minimum Gasteiger partial charge on any atom is -0.342 e. The lowest BCUT2D eigenvalue weighted by atomic mass is 9.75. The number of carbonyl (C=O) groups excluding carboxylic acids is 1. The molecule has 3 heteroatoms. The number of rotatable bonds is 3. The van der Waals surface area contributed by atoms with Gasteiger partial charge in [-0.2, -0.15) is 0 Å². The lowest BCUT2D eigenvalue weighted by molar-refractivity contribution is -0.135. The quantitative estimate of drug-likeness (QED) is 0.928. The van der Waals surface area contributed by atoms with E-state index in [2.05, 4.69) is 4.90 Å². The molecule has 2 N–H and O–H groups in total. The van der Waals surface area contributed by atoms with Gasteiger partial charge in [0.05, 0.1) is 5.92 Å². The van der Waals surface area contributed by atoms with Crippen LogP contribution in [0.2, 0.25) is 0 Å². The van der Waals surface area contributed by atoms with E-state index in [0.29, 0.717) is 6.54 Å². The second-order valence-corrected chi connectivity index (χ2v) is 6.58. The largest absolute Gasteiger partial charge is 0.342 e. The van der Waals surface area contributed by atoms with Crippen molar-refractivity contribution >= 4 is 5.91 Å². The molecule has 1 amide bonds. The first-order valence-electron chi connectivity index (χ1n) is 8.33. The zero-order valence-electron chi connectivity index (χ0n) is 12.7. The van der Waals surface area contributed by atoms with Crippen LogP contribution in [0.4, 0.5) is 0 Å². The normalized spacial score (nSPS) is 27.0. The van der Waals surface area contributed by atoms with Crippen LogP contribution < -0.4 is 5.73 Å². The minimum atomic E-state index is -0.175. The summed E-state index contributed by atoms with van der Waals surface area (Å²) in [5, 5.41) is 0. The Labute approximate surface area is 127 Å². The molecule has 0 spiro atoms. The molecule has 2 aliphatic rings. The summed E-state index contributed by atoms with van der Waals surface area (Å²) in [6.07, 6.45) is 6.56. The van der Waals surface area contributed by atoms with E-state index in [1.807, 2.05) is 30.3 Å². The molecule has 1 heterocycles. The zero-order valence-corrected chi connectivity index (χ0v) is 12.7. The molecule has 1 saturated carbocycles. The first-order chi connectivity index (χ1) is 10.3. The maximum atomic E-state index is 12.9. The lowest BCUT2D eigenvalue weighted by Gasteiger charge is -2.42. The average molecular weight is 286 g/mol. The number of nitrogens with two attached hydrogens (primary N) is 1.